The molecule has 134 valence electrons. The number of rotatable bonds is 6. The third-order valence-corrected chi connectivity index (χ3v) is 6.01. The van der Waals surface area contributed by atoms with Crippen molar-refractivity contribution in [2.75, 3.05) is 6.54 Å². The van der Waals surface area contributed by atoms with Crippen LogP contribution in [0.25, 0.3) is 16.2 Å². The molecule has 6 nitrogen and oxygen atoms in total. The van der Waals surface area contributed by atoms with Crippen LogP contribution in [0.1, 0.15) is 36.2 Å². The van der Waals surface area contributed by atoms with Crippen molar-refractivity contribution in [1.29, 1.82) is 0 Å². The van der Waals surface area contributed by atoms with Crippen LogP contribution in [0, 0.1) is 11.8 Å². The molecule has 0 bridgehead atoms. The molecule has 0 aliphatic heterocycles. The first-order valence-electron chi connectivity index (χ1n) is 9.13. The van der Waals surface area contributed by atoms with Crippen molar-refractivity contribution in [3.05, 3.63) is 46.0 Å². The number of aromatic nitrogens is 3. The second-order valence-electron chi connectivity index (χ2n) is 7.36. The first kappa shape index (κ1) is 15.8. The Morgan fingerprint density at radius 3 is 2.73 bits per heavy atom. The Kier molecular flexibility index (Phi) is 3.70. The Hall–Kier alpha value is -2.41. The number of nitrogens with one attached hydrogen (secondary N) is 1. The summed E-state index contributed by atoms with van der Waals surface area (Å²) >= 11 is 1.61. The summed E-state index contributed by atoms with van der Waals surface area (Å²) in [4.78, 5) is 30.8. The van der Waals surface area contributed by atoms with Gasteiger partial charge in [0.1, 0.15) is 5.69 Å². The van der Waals surface area contributed by atoms with E-state index in [0.29, 0.717) is 29.7 Å². The lowest BCUT2D eigenvalue weighted by atomic mass is 10.3. The van der Waals surface area contributed by atoms with E-state index in [1.165, 1.54) is 25.7 Å². The summed E-state index contributed by atoms with van der Waals surface area (Å²) < 4.78 is 3.53. The number of carbonyl (C=O) groups is 1. The third kappa shape index (κ3) is 2.96. The molecule has 3 aromatic heterocycles. The average Bonchev–Trinajstić information content (AvgIpc) is 3.54. The molecule has 5 rings (SSSR count). The lowest BCUT2D eigenvalue weighted by Crippen LogP contribution is -2.26. The van der Waals surface area contributed by atoms with Gasteiger partial charge in [0.15, 0.2) is 0 Å². The average molecular weight is 368 g/mol. The summed E-state index contributed by atoms with van der Waals surface area (Å²) in [5.74, 6) is 0.980. The van der Waals surface area contributed by atoms with Gasteiger partial charge in [0, 0.05) is 25.5 Å². The maximum Gasteiger partial charge on any atom is 0.294 e. The van der Waals surface area contributed by atoms with Gasteiger partial charge in [-0.2, -0.15) is 0 Å². The molecule has 0 saturated heterocycles. The van der Waals surface area contributed by atoms with Gasteiger partial charge in [-0.1, -0.05) is 6.07 Å². The summed E-state index contributed by atoms with van der Waals surface area (Å²) in [7, 11) is 0. The summed E-state index contributed by atoms with van der Waals surface area (Å²) in [6, 6.07) is 4.01. The minimum Gasteiger partial charge on any atom is -0.350 e. The highest BCUT2D eigenvalue weighted by Gasteiger charge is 2.26. The van der Waals surface area contributed by atoms with Gasteiger partial charge < -0.3 is 9.88 Å². The molecule has 1 N–H and O–H groups in total. The first-order valence-corrected chi connectivity index (χ1v) is 10.0. The molecule has 7 heteroatoms. The summed E-state index contributed by atoms with van der Waals surface area (Å²) in [6.07, 6.45) is 8.30. The van der Waals surface area contributed by atoms with Gasteiger partial charge >= 0.3 is 0 Å². The molecule has 26 heavy (non-hydrogen) atoms. The van der Waals surface area contributed by atoms with Crippen LogP contribution in [0.3, 0.4) is 0 Å². The smallest absolute Gasteiger partial charge is 0.294 e. The molecule has 3 heterocycles. The molecule has 0 atom stereocenters. The summed E-state index contributed by atoms with van der Waals surface area (Å²) in [5, 5.41) is 4.93. The topological polar surface area (TPSA) is 68.4 Å². The van der Waals surface area contributed by atoms with E-state index in [0.717, 1.165) is 17.1 Å². The number of hydrogen-bond donors (Lipinski definition) is 1. The van der Waals surface area contributed by atoms with Crippen LogP contribution in [0.15, 0.2) is 34.7 Å². The molecule has 0 radical (unpaired) electrons. The lowest BCUT2D eigenvalue weighted by molar-refractivity contribution is 0.0947. The van der Waals surface area contributed by atoms with E-state index in [4.69, 9.17) is 0 Å². The molecular formula is C19H20N4O2S. The number of thiophene rings is 1. The van der Waals surface area contributed by atoms with E-state index in [1.807, 2.05) is 28.3 Å². The minimum atomic E-state index is -0.202. The maximum absolute atomic E-state index is 13.1. The molecule has 0 spiro atoms. The SMILES string of the molecule is O=C(NCC1CC1)c1cn2cc(-c3cccs3)n(CC3CC3)c(=O)c2n1. The highest BCUT2D eigenvalue weighted by molar-refractivity contribution is 7.13. The van der Waals surface area contributed by atoms with E-state index in [2.05, 4.69) is 10.3 Å². The number of hydrogen-bond acceptors (Lipinski definition) is 4. The second-order valence-corrected chi connectivity index (χ2v) is 8.31. The maximum atomic E-state index is 13.1. The standard InChI is InChI=1S/C19H20N4O2S/c24-18(20-8-12-3-4-12)14-10-22-11-15(16-2-1-7-26-16)23(9-13-5-6-13)19(25)17(22)21-14/h1-2,7,10-13H,3-6,8-9H2,(H,20,24). The molecule has 0 unspecified atom stereocenters. The Bertz CT molecular complexity index is 1030. The van der Waals surface area contributed by atoms with Crippen LogP contribution in [0.2, 0.25) is 0 Å². The van der Waals surface area contributed by atoms with E-state index < -0.39 is 0 Å². The first-order chi connectivity index (χ1) is 12.7. The van der Waals surface area contributed by atoms with Gasteiger partial charge in [0.2, 0.25) is 5.65 Å². The van der Waals surface area contributed by atoms with Gasteiger partial charge in [0.05, 0.1) is 10.6 Å². The molecule has 2 fully saturated rings. The number of fused-ring (bicyclic) bond motifs is 1. The Labute approximate surface area is 154 Å². The molecule has 2 aliphatic rings. The normalized spacial score (nSPS) is 16.9. The number of amides is 1. The fourth-order valence-electron chi connectivity index (χ4n) is 3.20. The predicted octanol–water partition coefficient (Wildman–Crippen LogP) is 2.77. The van der Waals surface area contributed by atoms with Gasteiger partial charge in [-0.15, -0.1) is 11.3 Å². The van der Waals surface area contributed by atoms with Crippen molar-refractivity contribution in [3.63, 3.8) is 0 Å². The summed E-state index contributed by atoms with van der Waals surface area (Å²) in [6.45, 7) is 1.41. The van der Waals surface area contributed by atoms with Crippen molar-refractivity contribution in [2.24, 2.45) is 11.8 Å². The molecule has 1 amide bonds. The van der Waals surface area contributed by atoms with Crippen molar-refractivity contribution in [1.82, 2.24) is 19.3 Å². The van der Waals surface area contributed by atoms with Crippen molar-refractivity contribution >= 4 is 22.9 Å². The van der Waals surface area contributed by atoms with Gasteiger partial charge in [-0.05, 0) is 49.0 Å². The fraction of sp³-hybridized carbons (Fsp3) is 0.421. The van der Waals surface area contributed by atoms with E-state index >= 15 is 0 Å². The zero-order valence-electron chi connectivity index (χ0n) is 14.4. The fourth-order valence-corrected chi connectivity index (χ4v) is 3.95. The largest absolute Gasteiger partial charge is 0.350 e. The lowest BCUT2D eigenvalue weighted by Gasteiger charge is -2.11. The van der Waals surface area contributed by atoms with Crippen LogP contribution >= 0.6 is 11.3 Å². The van der Waals surface area contributed by atoms with E-state index in [9.17, 15) is 9.59 Å². The van der Waals surface area contributed by atoms with Crippen LogP contribution in [0.5, 0.6) is 0 Å². The zero-order valence-corrected chi connectivity index (χ0v) is 15.2. The third-order valence-electron chi connectivity index (χ3n) is 5.11. The second kappa shape index (κ2) is 6.09. The van der Waals surface area contributed by atoms with Crippen molar-refractivity contribution in [2.45, 2.75) is 32.2 Å². The minimum absolute atomic E-state index is 0.121. The Balaban J connectivity index is 1.57. The quantitative estimate of drug-likeness (QED) is 0.727. The number of carbonyl (C=O) groups excluding carboxylic acids is 1. The summed E-state index contributed by atoms with van der Waals surface area (Å²) in [5.41, 5.74) is 1.40. The molecular weight excluding hydrogens is 348 g/mol. The monoisotopic (exact) mass is 368 g/mol. The predicted molar refractivity (Wildman–Crippen MR) is 101 cm³/mol. The molecule has 3 aromatic rings. The van der Waals surface area contributed by atoms with Gasteiger partial charge in [-0.25, -0.2) is 4.98 Å². The van der Waals surface area contributed by atoms with Crippen molar-refractivity contribution in [3.8, 4) is 10.6 Å². The van der Waals surface area contributed by atoms with Crippen LogP contribution in [0.4, 0.5) is 0 Å². The highest BCUT2D eigenvalue weighted by atomic mass is 32.1. The Morgan fingerprint density at radius 1 is 1.23 bits per heavy atom. The highest BCUT2D eigenvalue weighted by Crippen LogP contribution is 2.32. The zero-order chi connectivity index (χ0) is 17.7. The number of imidazole rings is 1. The van der Waals surface area contributed by atoms with Crippen LogP contribution in [-0.4, -0.2) is 26.4 Å². The van der Waals surface area contributed by atoms with Crippen molar-refractivity contribution < 1.29 is 4.79 Å². The molecule has 2 aliphatic carbocycles. The number of nitrogens with zero attached hydrogens (tertiary/aromatic N) is 3. The van der Waals surface area contributed by atoms with Crippen LogP contribution in [-0.2, 0) is 6.54 Å². The molecule has 2 saturated carbocycles. The van der Waals surface area contributed by atoms with E-state index in [-0.39, 0.29) is 11.5 Å². The Morgan fingerprint density at radius 2 is 2.04 bits per heavy atom. The van der Waals surface area contributed by atoms with Gasteiger partial charge in [-0.3, -0.25) is 14.0 Å². The van der Waals surface area contributed by atoms with Crippen LogP contribution < -0.4 is 10.9 Å². The van der Waals surface area contributed by atoms with E-state index in [1.54, 1.807) is 21.9 Å². The van der Waals surface area contributed by atoms with Gasteiger partial charge in [0.25, 0.3) is 11.5 Å². The molecule has 0 aromatic carbocycles.